The van der Waals surface area contributed by atoms with Crippen molar-refractivity contribution >= 4 is 28.4 Å². The summed E-state index contributed by atoms with van der Waals surface area (Å²) in [6.45, 7) is 0. The van der Waals surface area contributed by atoms with Gasteiger partial charge in [-0.05, 0) is 28.3 Å². The van der Waals surface area contributed by atoms with Crippen LogP contribution in [0, 0.1) is 16.0 Å². The number of benzene rings is 3. The van der Waals surface area contributed by atoms with E-state index in [0.717, 1.165) is 22.3 Å². The smallest absolute Gasteiger partial charge is 0.271 e. The van der Waals surface area contributed by atoms with Crippen LogP contribution in [0.5, 0.6) is 0 Å². The summed E-state index contributed by atoms with van der Waals surface area (Å²) in [5, 5.41) is 13.8. The number of carbonyl (C=O) groups is 1. The van der Waals surface area contributed by atoms with Crippen molar-refractivity contribution in [2.24, 2.45) is 5.92 Å². The lowest BCUT2D eigenvalue weighted by Crippen LogP contribution is -2.16. The van der Waals surface area contributed by atoms with Gasteiger partial charge in [0.1, 0.15) is 0 Å². The summed E-state index contributed by atoms with van der Waals surface area (Å²) in [6.07, 6.45) is 0. The number of amides is 1. The molecule has 5 heteroatoms. The first kappa shape index (κ1) is 16.7. The minimum absolute atomic E-state index is 0.0527. The monoisotopic (exact) mass is 356 g/mol. The van der Waals surface area contributed by atoms with Crippen LogP contribution in [0.2, 0.25) is 0 Å². The molecule has 1 aliphatic carbocycles. The van der Waals surface area contributed by atoms with Crippen LogP contribution in [0.25, 0.3) is 11.1 Å². The third kappa shape index (κ3) is 3.35. The molecule has 132 valence electrons. The quantitative estimate of drug-likeness (QED) is 0.528. The summed E-state index contributed by atoms with van der Waals surface area (Å²) in [4.78, 5) is 23.4. The molecule has 0 saturated heterocycles. The molecular formula is C22H16N2O3. The molecule has 27 heavy (non-hydrogen) atoms. The first-order valence-corrected chi connectivity index (χ1v) is 8.55. The minimum Gasteiger partial charge on any atom is -0.325 e. The van der Waals surface area contributed by atoms with Crippen molar-refractivity contribution < 1.29 is 9.72 Å². The Hall–Kier alpha value is -3.73. The summed E-state index contributed by atoms with van der Waals surface area (Å²) >= 11 is 0. The SMILES string of the molecule is O=C(Nc1cccc([N+](=O)[O-])c1)C1C(c2ccccc2)=C1c1ccccc1. The van der Waals surface area contributed by atoms with Crippen LogP contribution >= 0.6 is 0 Å². The van der Waals surface area contributed by atoms with Gasteiger partial charge in [-0.1, -0.05) is 66.7 Å². The third-order valence-corrected chi connectivity index (χ3v) is 4.54. The first-order chi connectivity index (χ1) is 13.1. The predicted molar refractivity (Wildman–Crippen MR) is 105 cm³/mol. The Kier molecular flexibility index (Phi) is 4.26. The van der Waals surface area contributed by atoms with Gasteiger partial charge in [0.15, 0.2) is 0 Å². The molecular weight excluding hydrogens is 340 g/mol. The second-order valence-electron chi connectivity index (χ2n) is 6.29. The number of nitrogens with one attached hydrogen (secondary N) is 1. The molecule has 0 aromatic heterocycles. The maximum Gasteiger partial charge on any atom is 0.271 e. The lowest BCUT2D eigenvalue weighted by Gasteiger charge is -2.06. The van der Waals surface area contributed by atoms with Crippen molar-refractivity contribution in [3.8, 4) is 0 Å². The van der Waals surface area contributed by atoms with Crippen molar-refractivity contribution in [1.82, 2.24) is 0 Å². The van der Waals surface area contributed by atoms with E-state index in [4.69, 9.17) is 0 Å². The summed E-state index contributed by atoms with van der Waals surface area (Å²) in [5.41, 5.74) is 4.37. The maximum absolute atomic E-state index is 12.9. The van der Waals surface area contributed by atoms with Crippen molar-refractivity contribution in [2.45, 2.75) is 0 Å². The molecule has 0 fully saturated rings. The zero-order valence-corrected chi connectivity index (χ0v) is 14.3. The van der Waals surface area contributed by atoms with Gasteiger partial charge in [-0.25, -0.2) is 0 Å². The zero-order chi connectivity index (χ0) is 18.8. The third-order valence-electron chi connectivity index (χ3n) is 4.54. The lowest BCUT2D eigenvalue weighted by molar-refractivity contribution is -0.384. The molecule has 4 rings (SSSR count). The van der Waals surface area contributed by atoms with Gasteiger partial charge in [0.05, 0.1) is 10.8 Å². The van der Waals surface area contributed by atoms with Gasteiger partial charge >= 0.3 is 0 Å². The number of nitrogens with zero attached hydrogens (tertiary/aromatic N) is 1. The highest BCUT2D eigenvalue weighted by Gasteiger charge is 2.43. The average Bonchev–Trinajstić information content (AvgIpc) is 3.45. The van der Waals surface area contributed by atoms with Gasteiger partial charge in [0.25, 0.3) is 5.69 Å². The van der Waals surface area contributed by atoms with Crippen molar-refractivity contribution in [2.75, 3.05) is 5.32 Å². The number of nitro benzene ring substituents is 1. The maximum atomic E-state index is 12.9. The average molecular weight is 356 g/mol. The minimum atomic E-state index is -0.476. The number of carbonyl (C=O) groups excluding carboxylic acids is 1. The summed E-state index contributed by atoms with van der Waals surface area (Å²) < 4.78 is 0. The molecule has 0 aliphatic heterocycles. The second kappa shape index (κ2) is 6.88. The largest absolute Gasteiger partial charge is 0.325 e. The molecule has 3 aromatic carbocycles. The molecule has 1 amide bonds. The van der Waals surface area contributed by atoms with E-state index < -0.39 is 4.92 Å². The molecule has 0 unspecified atom stereocenters. The zero-order valence-electron chi connectivity index (χ0n) is 14.3. The molecule has 3 aromatic rings. The molecule has 0 saturated carbocycles. The molecule has 1 N–H and O–H groups in total. The van der Waals surface area contributed by atoms with Crippen LogP contribution in [-0.2, 0) is 4.79 Å². The highest BCUT2D eigenvalue weighted by atomic mass is 16.6. The molecule has 0 heterocycles. The number of anilines is 1. The van der Waals surface area contributed by atoms with E-state index in [1.807, 2.05) is 60.7 Å². The highest BCUT2D eigenvalue weighted by Crippen LogP contribution is 2.53. The van der Waals surface area contributed by atoms with Crippen LogP contribution in [0.3, 0.4) is 0 Å². The Morgan fingerprint density at radius 2 is 1.37 bits per heavy atom. The molecule has 5 nitrogen and oxygen atoms in total. The summed E-state index contributed by atoms with van der Waals surface area (Å²) in [6, 6.07) is 25.6. The van der Waals surface area contributed by atoms with E-state index in [2.05, 4.69) is 5.32 Å². The van der Waals surface area contributed by atoms with E-state index in [-0.39, 0.29) is 17.5 Å². The lowest BCUT2D eigenvalue weighted by atomic mass is 10.1. The van der Waals surface area contributed by atoms with Crippen LogP contribution < -0.4 is 5.32 Å². The Morgan fingerprint density at radius 3 is 1.89 bits per heavy atom. The van der Waals surface area contributed by atoms with Crippen molar-refractivity contribution in [1.29, 1.82) is 0 Å². The van der Waals surface area contributed by atoms with E-state index >= 15 is 0 Å². The van der Waals surface area contributed by atoms with E-state index in [1.165, 1.54) is 12.1 Å². The van der Waals surface area contributed by atoms with E-state index in [1.54, 1.807) is 12.1 Å². The van der Waals surface area contributed by atoms with Gasteiger partial charge < -0.3 is 5.32 Å². The van der Waals surface area contributed by atoms with Crippen molar-refractivity contribution in [3.05, 3.63) is 106 Å². The molecule has 0 atom stereocenters. The van der Waals surface area contributed by atoms with Gasteiger partial charge in [0.2, 0.25) is 5.91 Å². The molecule has 0 bridgehead atoms. The molecule has 0 spiro atoms. The number of rotatable bonds is 5. The Morgan fingerprint density at radius 1 is 0.815 bits per heavy atom. The van der Waals surface area contributed by atoms with Crippen LogP contribution in [-0.4, -0.2) is 10.8 Å². The van der Waals surface area contributed by atoms with Gasteiger partial charge in [-0.3, -0.25) is 14.9 Å². The molecule has 0 radical (unpaired) electrons. The van der Waals surface area contributed by atoms with Gasteiger partial charge in [-0.15, -0.1) is 0 Å². The Balaban J connectivity index is 1.62. The fourth-order valence-electron chi connectivity index (χ4n) is 3.28. The number of hydrogen-bond acceptors (Lipinski definition) is 3. The first-order valence-electron chi connectivity index (χ1n) is 8.55. The summed E-state index contributed by atoms with van der Waals surface area (Å²) in [7, 11) is 0. The van der Waals surface area contributed by atoms with Crippen LogP contribution in [0.4, 0.5) is 11.4 Å². The number of hydrogen-bond donors (Lipinski definition) is 1. The normalized spacial score (nSPS) is 13.3. The van der Waals surface area contributed by atoms with Crippen LogP contribution in [0.15, 0.2) is 84.9 Å². The number of non-ortho nitro benzene ring substituents is 1. The topological polar surface area (TPSA) is 72.2 Å². The Labute approximate surface area is 156 Å². The predicted octanol–water partition coefficient (Wildman–Crippen LogP) is 4.77. The van der Waals surface area contributed by atoms with Crippen molar-refractivity contribution in [3.63, 3.8) is 0 Å². The summed E-state index contributed by atoms with van der Waals surface area (Å²) in [5.74, 6) is -0.553. The van der Waals surface area contributed by atoms with E-state index in [0.29, 0.717) is 5.69 Å². The Bertz CT molecular complexity index is 994. The number of nitro groups is 1. The van der Waals surface area contributed by atoms with E-state index in [9.17, 15) is 14.9 Å². The highest BCUT2D eigenvalue weighted by molar-refractivity contribution is 6.25. The second-order valence-corrected chi connectivity index (χ2v) is 6.29. The fraction of sp³-hybridized carbons (Fsp3) is 0.0455. The fourth-order valence-corrected chi connectivity index (χ4v) is 3.28. The molecule has 1 aliphatic rings. The standard InChI is InChI=1S/C22H16N2O3/c25-22(23-17-12-7-13-18(14-17)24(26)27)21-19(15-8-3-1-4-9-15)20(21)16-10-5-2-6-11-16/h1-14,21H,(H,23,25). The van der Waals surface area contributed by atoms with Gasteiger partial charge in [-0.2, -0.15) is 0 Å². The van der Waals surface area contributed by atoms with Crippen LogP contribution in [0.1, 0.15) is 11.1 Å². The van der Waals surface area contributed by atoms with Gasteiger partial charge in [0, 0.05) is 17.8 Å².